The maximum Gasteiger partial charge on any atom is 0.525 e. The normalized spacial score (nSPS) is 27.8. The average Bonchev–Trinajstić information content (AvgIpc) is 2.55. The fraction of sp³-hybridized carbons (Fsp3) is 0.818. The molecule has 1 saturated carbocycles. The summed E-state index contributed by atoms with van der Waals surface area (Å²) in [6, 6.07) is 0. The van der Waals surface area contributed by atoms with Crippen LogP contribution in [0.1, 0.15) is 12.8 Å². The highest BCUT2D eigenvalue weighted by Crippen LogP contribution is 2.57. The van der Waals surface area contributed by atoms with Gasteiger partial charge in [-0.3, -0.25) is 14.2 Å². The summed E-state index contributed by atoms with van der Waals surface area (Å²) in [6.45, 7) is 2.89. The van der Waals surface area contributed by atoms with Gasteiger partial charge in [-0.2, -0.15) is 22.0 Å². The van der Waals surface area contributed by atoms with E-state index in [2.05, 4.69) is 21.1 Å². The van der Waals surface area contributed by atoms with Crippen LogP contribution >= 0.6 is 0 Å². The first-order valence-electron chi connectivity index (χ1n) is 6.29. The minimum atomic E-state index is -6.66. The highest BCUT2D eigenvalue weighted by Gasteiger charge is 2.76. The number of rotatable bonds is 5. The lowest BCUT2D eigenvalue weighted by Crippen LogP contribution is -2.63. The number of hydrogen-bond donors (Lipinski definition) is 0. The fourth-order valence-corrected chi connectivity index (χ4v) is 2.21. The Morgan fingerprint density at radius 2 is 1.27 bits per heavy atom. The van der Waals surface area contributed by atoms with E-state index in [1.54, 1.807) is 0 Å². The molecule has 0 bridgehead atoms. The molecule has 154 valence electrons. The fourth-order valence-electron chi connectivity index (χ4n) is 2.21. The molecule has 0 N–H and O–H groups in total. The zero-order valence-electron chi connectivity index (χ0n) is 12.0. The summed E-state index contributed by atoms with van der Waals surface area (Å²) in [4.78, 5) is 0. The van der Waals surface area contributed by atoms with Gasteiger partial charge in [0.15, 0.2) is 0 Å². The predicted molar refractivity (Wildman–Crippen MR) is 55.3 cm³/mol. The summed E-state index contributed by atoms with van der Waals surface area (Å²) in [7, 11) is 0. The van der Waals surface area contributed by atoms with Crippen molar-refractivity contribution < 1.29 is 66.9 Å². The Morgan fingerprint density at radius 3 is 1.58 bits per heavy atom. The first-order valence-corrected chi connectivity index (χ1v) is 6.29. The summed E-state index contributed by atoms with van der Waals surface area (Å²) < 4.78 is 161. The van der Waals surface area contributed by atoms with Crippen molar-refractivity contribution in [3.63, 3.8) is 0 Å². The highest BCUT2D eigenvalue weighted by atomic mass is 19.4. The molecule has 2 unspecified atom stereocenters. The Kier molecular flexibility index (Phi) is 5.84. The van der Waals surface area contributed by atoms with Crippen molar-refractivity contribution in [3.05, 3.63) is 13.3 Å². The second-order valence-corrected chi connectivity index (χ2v) is 4.95. The Hall–Kier alpha value is -0.960. The van der Waals surface area contributed by atoms with Crippen molar-refractivity contribution in [2.45, 2.75) is 49.5 Å². The zero-order chi connectivity index (χ0) is 20.8. The van der Waals surface area contributed by atoms with E-state index in [1.807, 2.05) is 0 Å². The molecule has 1 aliphatic rings. The van der Waals surface area contributed by atoms with Gasteiger partial charge in [0.25, 0.3) is 5.85 Å². The Balaban J connectivity index is 3.50. The maximum atomic E-state index is 14.6. The zero-order valence-corrected chi connectivity index (χ0v) is 12.0. The minimum Gasteiger partial charge on any atom is -0.270 e. The number of alkyl halides is 12. The molecule has 0 heterocycles. The monoisotopic (exact) mass is 416 g/mol. The van der Waals surface area contributed by atoms with Gasteiger partial charge >= 0.3 is 25.0 Å². The summed E-state index contributed by atoms with van der Waals surface area (Å²) in [5.74, 6) is -12.2. The molecule has 0 amide bonds. The molecule has 1 fully saturated rings. The van der Waals surface area contributed by atoms with E-state index < -0.39 is 61.8 Å². The van der Waals surface area contributed by atoms with Gasteiger partial charge in [0.05, 0.1) is 0 Å². The molecule has 15 heteroatoms. The quantitative estimate of drug-likeness (QED) is 0.464. The van der Waals surface area contributed by atoms with E-state index in [1.165, 1.54) is 0 Å². The van der Waals surface area contributed by atoms with Gasteiger partial charge in [-0.15, -0.1) is 26.3 Å². The molecule has 2 radical (unpaired) electrons. The van der Waals surface area contributed by atoms with Crippen LogP contribution < -0.4 is 0 Å². The number of halogens is 12. The van der Waals surface area contributed by atoms with Crippen molar-refractivity contribution >= 4 is 0 Å². The van der Waals surface area contributed by atoms with Gasteiger partial charge in [0, 0.05) is 12.3 Å². The molecule has 3 nitrogen and oxygen atoms in total. The van der Waals surface area contributed by atoms with Crippen molar-refractivity contribution in [2.24, 2.45) is 5.92 Å². The number of hydrogen-bond acceptors (Lipinski definition) is 3. The Bertz CT molecular complexity index is 480. The molecule has 26 heavy (non-hydrogen) atoms. The largest absolute Gasteiger partial charge is 0.525 e. The lowest BCUT2D eigenvalue weighted by Gasteiger charge is -2.43. The molecule has 0 aliphatic heterocycles. The molecule has 0 aromatic heterocycles. The van der Waals surface area contributed by atoms with Gasteiger partial charge in [0.1, 0.15) is 0 Å². The van der Waals surface area contributed by atoms with Crippen LogP contribution in [0.15, 0.2) is 0 Å². The van der Waals surface area contributed by atoms with Crippen molar-refractivity contribution in [3.8, 4) is 0 Å². The lowest BCUT2D eigenvalue weighted by molar-refractivity contribution is -0.543. The molecular weight excluding hydrogens is 408 g/mol. The third-order valence-electron chi connectivity index (χ3n) is 3.17. The van der Waals surface area contributed by atoms with Crippen LogP contribution in [0.2, 0.25) is 0 Å². The van der Waals surface area contributed by atoms with Crippen molar-refractivity contribution in [1.82, 2.24) is 0 Å². The van der Waals surface area contributed by atoms with Crippen LogP contribution in [0.25, 0.3) is 0 Å². The Morgan fingerprint density at radius 1 is 0.846 bits per heavy atom. The molecule has 0 spiro atoms. The first kappa shape index (κ1) is 23.1. The standard InChI is InChI=1S/C11H8F12O3/c1-2-5-3-4-6(12,24-9(16,17)8(13,14)15)7(5,25-10(18,19)20)26-11(21,22)23/h4-5H,1-3H2. The van der Waals surface area contributed by atoms with E-state index in [4.69, 9.17) is 0 Å². The van der Waals surface area contributed by atoms with E-state index in [0.717, 1.165) is 0 Å². The topological polar surface area (TPSA) is 27.7 Å². The van der Waals surface area contributed by atoms with E-state index in [9.17, 15) is 52.7 Å². The average molecular weight is 416 g/mol. The first-order chi connectivity index (χ1) is 11.3. The lowest BCUT2D eigenvalue weighted by atomic mass is 9.97. The number of ether oxygens (including phenoxy) is 3. The SMILES string of the molecule is [CH2]CC1C[CH]C(F)(OC(F)(F)C(F)(F)F)C1(OC(F)(F)F)OC(F)(F)F. The summed E-state index contributed by atoms with van der Waals surface area (Å²) in [5, 5.41) is 0. The van der Waals surface area contributed by atoms with Crippen LogP contribution in [0.3, 0.4) is 0 Å². The van der Waals surface area contributed by atoms with Crippen LogP contribution in [0.4, 0.5) is 52.7 Å². The summed E-state index contributed by atoms with van der Waals surface area (Å²) in [5.41, 5.74) is 0. The van der Waals surface area contributed by atoms with Crippen LogP contribution in [0.5, 0.6) is 0 Å². The smallest absolute Gasteiger partial charge is 0.270 e. The predicted octanol–water partition coefficient (Wildman–Crippen LogP) is 5.04. The van der Waals surface area contributed by atoms with Gasteiger partial charge in [-0.1, -0.05) is 6.92 Å². The van der Waals surface area contributed by atoms with Gasteiger partial charge < -0.3 is 0 Å². The molecule has 0 saturated heterocycles. The second-order valence-electron chi connectivity index (χ2n) is 4.95. The van der Waals surface area contributed by atoms with Crippen LogP contribution in [-0.4, -0.2) is 36.7 Å². The molecule has 1 aliphatic carbocycles. The molecule has 0 aromatic carbocycles. The minimum absolute atomic E-state index is 0.403. The maximum absolute atomic E-state index is 14.6. The van der Waals surface area contributed by atoms with E-state index in [0.29, 0.717) is 0 Å². The Labute approximate surface area is 137 Å². The third-order valence-corrected chi connectivity index (χ3v) is 3.17. The second kappa shape index (κ2) is 6.58. The van der Waals surface area contributed by atoms with Gasteiger partial charge in [-0.05, 0) is 12.8 Å². The van der Waals surface area contributed by atoms with Crippen LogP contribution in [0, 0.1) is 19.3 Å². The molecule has 2 atom stereocenters. The van der Waals surface area contributed by atoms with Gasteiger partial charge in [-0.25, -0.2) is 4.39 Å². The van der Waals surface area contributed by atoms with E-state index in [-0.39, 0.29) is 0 Å². The molecule has 0 aromatic rings. The summed E-state index contributed by atoms with van der Waals surface area (Å²) in [6.07, 6.45) is -28.0. The van der Waals surface area contributed by atoms with Crippen LogP contribution in [-0.2, 0) is 14.2 Å². The highest BCUT2D eigenvalue weighted by molar-refractivity contribution is 5.12. The van der Waals surface area contributed by atoms with Crippen molar-refractivity contribution in [1.29, 1.82) is 0 Å². The molecule has 1 rings (SSSR count). The van der Waals surface area contributed by atoms with Crippen molar-refractivity contribution in [2.75, 3.05) is 0 Å². The summed E-state index contributed by atoms with van der Waals surface area (Å²) >= 11 is 0. The van der Waals surface area contributed by atoms with Gasteiger partial charge in [0.2, 0.25) is 5.79 Å². The third kappa shape index (κ3) is 4.65. The molecular formula is C11H8F12O3. The van der Waals surface area contributed by atoms with E-state index >= 15 is 0 Å².